The summed E-state index contributed by atoms with van der Waals surface area (Å²) < 4.78 is 13.5. The van der Waals surface area contributed by atoms with Gasteiger partial charge < -0.3 is 24.4 Å². The van der Waals surface area contributed by atoms with Crippen LogP contribution in [0.1, 0.15) is 45.6 Å². The second kappa shape index (κ2) is 12.4. The van der Waals surface area contributed by atoms with Gasteiger partial charge >= 0.3 is 12.1 Å². The summed E-state index contributed by atoms with van der Waals surface area (Å²) in [6.45, 7) is 8.84. The normalized spacial score (nSPS) is 30.7. The van der Waals surface area contributed by atoms with Crippen molar-refractivity contribution in [2.75, 3.05) is 33.2 Å². The van der Waals surface area contributed by atoms with Crippen LogP contribution in [0.2, 0.25) is 0 Å². The Bertz CT molecular complexity index is 919. The highest BCUT2D eigenvalue weighted by molar-refractivity contribution is 5.71. The summed E-state index contributed by atoms with van der Waals surface area (Å²) in [5, 5.41) is 14.6. The number of hydrogen-bond donors (Lipinski definition) is 1. The standard InChI is InChI=1S/C26H40N4O5/c1-18-6-8-22(31)15-24(32)35-25(20(3)14-21-16-27-29(5)17-21)19(2)7-9-23(18)34-26(33)30-12-10-28(4)11-13-30/h7,9,14,16-19,22-23,25,31H,6,8,10-13,15H2,1-5H3/b9-7-,20-14+/t18-,19-,22+,23-,25-/m0/s1. The molecule has 2 aliphatic rings. The van der Waals surface area contributed by atoms with Gasteiger partial charge in [-0.05, 0) is 50.5 Å². The zero-order valence-corrected chi connectivity index (χ0v) is 21.6. The largest absolute Gasteiger partial charge is 0.457 e. The van der Waals surface area contributed by atoms with Crippen LogP contribution in [0.5, 0.6) is 0 Å². The summed E-state index contributed by atoms with van der Waals surface area (Å²) in [5.74, 6) is -0.598. The summed E-state index contributed by atoms with van der Waals surface area (Å²) in [6, 6.07) is 0. The number of aliphatic hydroxyl groups is 1. The minimum atomic E-state index is -0.805. The molecule has 194 valence electrons. The Labute approximate surface area is 208 Å². The van der Waals surface area contributed by atoms with E-state index in [-0.39, 0.29) is 24.3 Å². The molecule has 9 heteroatoms. The van der Waals surface area contributed by atoms with Crippen LogP contribution < -0.4 is 0 Å². The number of esters is 1. The average molecular weight is 489 g/mol. The molecule has 1 saturated heterocycles. The molecule has 0 bridgehead atoms. The van der Waals surface area contributed by atoms with E-state index in [9.17, 15) is 14.7 Å². The van der Waals surface area contributed by atoms with Gasteiger partial charge in [0.25, 0.3) is 0 Å². The van der Waals surface area contributed by atoms with Gasteiger partial charge in [0.15, 0.2) is 0 Å². The molecular weight excluding hydrogens is 448 g/mol. The third-order valence-electron chi connectivity index (χ3n) is 6.83. The smallest absolute Gasteiger partial charge is 0.410 e. The van der Waals surface area contributed by atoms with Crippen LogP contribution in [-0.2, 0) is 21.3 Å². The number of aromatic nitrogens is 2. The van der Waals surface area contributed by atoms with E-state index in [0.717, 1.165) is 24.2 Å². The minimum Gasteiger partial charge on any atom is -0.457 e. The molecule has 3 rings (SSSR count). The van der Waals surface area contributed by atoms with Crippen LogP contribution in [0.3, 0.4) is 0 Å². The SMILES string of the molecule is C/C(=C\c1cnn(C)c1)[C@H]1OC(=O)C[C@H](O)CC[C@H](C)[C@@H](OC(=O)N2CCN(C)CC2)/C=C\[C@@H]1C. The van der Waals surface area contributed by atoms with Gasteiger partial charge in [-0.3, -0.25) is 9.48 Å². The molecule has 0 saturated carbocycles. The van der Waals surface area contributed by atoms with Gasteiger partial charge in [0.1, 0.15) is 12.2 Å². The van der Waals surface area contributed by atoms with E-state index in [0.29, 0.717) is 25.9 Å². The molecular formula is C26H40N4O5. The number of likely N-dealkylation sites (N-methyl/N-ethyl adjacent to an activating group) is 1. The van der Waals surface area contributed by atoms with E-state index in [1.807, 2.05) is 59.3 Å². The first-order valence-corrected chi connectivity index (χ1v) is 12.5. The lowest BCUT2D eigenvalue weighted by Gasteiger charge is -2.33. The number of carbonyl (C=O) groups excluding carboxylic acids is 2. The molecule has 9 nitrogen and oxygen atoms in total. The molecule has 1 amide bonds. The van der Waals surface area contributed by atoms with Crippen LogP contribution in [-0.4, -0.2) is 88.3 Å². The summed E-state index contributed by atoms with van der Waals surface area (Å²) in [7, 11) is 3.89. The Morgan fingerprint density at radius 1 is 1.17 bits per heavy atom. The van der Waals surface area contributed by atoms with Crippen molar-refractivity contribution in [2.24, 2.45) is 18.9 Å². The van der Waals surface area contributed by atoms with Crippen molar-refractivity contribution < 1.29 is 24.2 Å². The summed E-state index contributed by atoms with van der Waals surface area (Å²) >= 11 is 0. The lowest BCUT2D eigenvalue weighted by atomic mass is 9.92. The monoisotopic (exact) mass is 488 g/mol. The van der Waals surface area contributed by atoms with Crippen LogP contribution in [0.4, 0.5) is 4.79 Å². The van der Waals surface area contributed by atoms with E-state index in [2.05, 4.69) is 10.00 Å². The molecule has 1 fully saturated rings. The minimum absolute atomic E-state index is 0.00885. The van der Waals surface area contributed by atoms with Gasteiger partial charge in [0.05, 0.1) is 18.7 Å². The molecule has 1 N–H and O–H groups in total. The number of cyclic esters (lactones) is 1. The van der Waals surface area contributed by atoms with Crippen LogP contribution in [0, 0.1) is 11.8 Å². The molecule has 0 radical (unpaired) electrons. The second-order valence-electron chi connectivity index (χ2n) is 10.0. The topological polar surface area (TPSA) is 97.1 Å². The Balaban J connectivity index is 1.80. The van der Waals surface area contributed by atoms with Gasteiger partial charge in [0.2, 0.25) is 0 Å². The maximum atomic E-state index is 12.9. The Morgan fingerprint density at radius 3 is 2.54 bits per heavy atom. The number of aliphatic hydroxyl groups excluding tert-OH is 1. The Morgan fingerprint density at radius 2 is 1.89 bits per heavy atom. The number of rotatable bonds is 3. The van der Waals surface area contributed by atoms with Gasteiger partial charge in [-0.1, -0.05) is 19.9 Å². The summed E-state index contributed by atoms with van der Waals surface area (Å²) in [4.78, 5) is 29.4. The van der Waals surface area contributed by atoms with Crippen molar-refractivity contribution in [1.29, 1.82) is 0 Å². The van der Waals surface area contributed by atoms with Crippen molar-refractivity contribution in [3.63, 3.8) is 0 Å². The first kappa shape index (κ1) is 26.9. The number of carbonyl (C=O) groups is 2. The van der Waals surface area contributed by atoms with Gasteiger partial charge in [0, 0.05) is 50.9 Å². The van der Waals surface area contributed by atoms with Crippen LogP contribution in [0.15, 0.2) is 30.1 Å². The van der Waals surface area contributed by atoms with E-state index < -0.39 is 24.3 Å². The van der Waals surface area contributed by atoms with Crippen LogP contribution in [0.25, 0.3) is 6.08 Å². The Hall–Kier alpha value is -2.65. The van der Waals surface area contributed by atoms with Crippen molar-refractivity contribution in [2.45, 2.75) is 58.3 Å². The van der Waals surface area contributed by atoms with Gasteiger partial charge in [-0.15, -0.1) is 0 Å². The molecule has 0 aliphatic carbocycles. The van der Waals surface area contributed by atoms with Gasteiger partial charge in [-0.2, -0.15) is 5.10 Å². The zero-order chi connectivity index (χ0) is 25.5. The number of piperazine rings is 1. The predicted octanol–water partition coefficient (Wildman–Crippen LogP) is 2.86. The predicted molar refractivity (Wildman–Crippen MR) is 133 cm³/mol. The molecule has 2 aliphatic heterocycles. The highest BCUT2D eigenvalue weighted by Crippen LogP contribution is 2.25. The second-order valence-corrected chi connectivity index (χ2v) is 10.0. The molecule has 1 aromatic rings. The number of aryl methyl sites for hydroxylation is 1. The van der Waals surface area contributed by atoms with E-state index >= 15 is 0 Å². The third kappa shape index (κ3) is 7.93. The quantitative estimate of drug-likeness (QED) is 0.516. The van der Waals surface area contributed by atoms with Crippen molar-refractivity contribution in [1.82, 2.24) is 19.6 Å². The van der Waals surface area contributed by atoms with Crippen LogP contribution >= 0.6 is 0 Å². The average Bonchev–Trinajstić information content (AvgIpc) is 3.22. The third-order valence-corrected chi connectivity index (χ3v) is 6.83. The number of hydrogen-bond acceptors (Lipinski definition) is 7. The molecule has 35 heavy (non-hydrogen) atoms. The molecule has 5 atom stereocenters. The first-order valence-electron chi connectivity index (χ1n) is 12.5. The number of nitrogens with zero attached hydrogens (tertiary/aromatic N) is 4. The van der Waals surface area contributed by atoms with Crippen molar-refractivity contribution in [3.05, 3.63) is 35.7 Å². The fourth-order valence-corrected chi connectivity index (χ4v) is 4.49. The lowest BCUT2D eigenvalue weighted by molar-refractivity contribution is -0.151. The van der Waals surface area contributed by atoms with Crippen molar-refractivity contribution >= 4 is 18.1 Å². The van der Waals surface area contributed by atoms with E-state index in [1.54, 1.807) is 15.8 Å². The number of ether oxygens (including phenoxy) is 2. The summed E-state index contributed by atoms with van der Waals surface area (Å²) in [6.07, 6.45) is 8.39. The summed E-state index contributed by atoms with van der Waals surface area (Å²) in [5.41, 5.74) is 1.78. The first-order chi connectivity index (χ1) is 16.6. The Kier molecular flexibility index (Phi) is 9.51. The molecule has 3 heterocycles. The molecule has 1 aromatic heterocycles. The molecule has 0 spiro atoms. The van der Waals surface area contributed by atoms with Crippen molar-refractivity contribution in [3.8, 4) is 0 Å². The fourth-order valence-electron chi connectivity index (χ4n) is 4.49. The number of amides is 1. The maximum absolute atomic E-state index is 12.9. The van der Waals surface area contributed by atoms with E-state index in [4.69, 9.17) is 9.47 Å². The van der Waals surface area contributed by atoms with Gasteiger partial charge in [-0.25, -0.2) is 4.79 Å². The highest BCUT2D eigenvalue weighted by atomic mass is 16.6. The fraction of sp³-hybridized carbons (Fsp3) is 0.654. The molecule has 0 aromatic carbocycles. The molecule has 0 unspecified atom stereocenters. The lowest BCUT2D eigenvalue weighted by Crippen LogP contribution is -2.48. The maximum Gasteiger partial charge on any atom is 0.410 e. The highest BCUT2D eigenvalue weighted by Gasteiger charge is 2.29. The zero-order valence-electron chi connectivity index (χ0n) is 21.6. The van der Waals surface area contributed by atoms with E-state index in [1.165, 1.54) is 0 Å².